The van der Waals surface area contributed by atoms with E-state index in [0.717, 1.165) is 23.3 Å². The largest absolute Gasteiger partial charge is 0.320 e. The summed E-state index contributed by atoms with van der Waals surface area (Å²) in [6.45, 7) is 1.65. The molecule has 0 bridgehead atoms. The molecule has 6 aromatic rings. The predicted molar refractivity (Wildman–Crippen MR) is 188 cm³/mol. The maximum Gasteiger partial charge on any atom is 0.232 e. The summed E-state index contributed by atoms with van der Waals surface area (Å²) in [5.41, 5.74) is 1.38. The first-order valence-electron chi connectivity index (χ1n) is 14.8. The van der Waals surface area contributed by atoms with E-state index in [-0.39, 0.29) is 23.1 Å². The van der Waals surface area contributed by atoms with Crippen LogP contribution in [0.15, 0.2) is 103 Å². The van der Waals surface area contributed by atoms with Gasteiger partial charge in [0.25, 0.3) is 0 Å². The molecule has 1 unspecified atom stereocenters. The van der Waals surface area contributed by atoms with Gasteiger partial charge in [-0.1, -0.05) is 90.3 Å². The van der Waals surface area contributed by atoms with Crippen LogP contribution in [0.1, 0.15) is 46.4 Å². The van der Waals surface area contributed by atoms with Gasteiger partial charge in [-0.3, -0.25) is 9.52 Å². The second kappa shape index (κ2) is 13.7. The molecule has 0 amide bonds. The number of halogens is 5. The van der Waals surface area contributed by atoms with E-state index in [1.54, 1.807) is 66.2 Å². The Balaban J connectivity index is 1.62. The second-order valence-electron chi connectivity index (χ2n) is 11.0. The van der Waals surface area contributed by atoms with E-state index < -0.39 is 44.7 Å². The van der Waals surface area contributed by atoms with Gasteiger partial charge in [-0.05, 0) is 60.0 Å². The molecule has 0 aliphatic carbocycles. The summed E-state index contributed by atoms with van der Waals surface area (Å²) in [6, 6.07) is 24.1. The molecule has 4 aromatic carbocycles. The molecule has 0 fully saturated rings. The summed E-state index contributed by atoms with van der Waals surface area (Å²) >= 11 is 19.6. The van der Waals surface area contributed by atoms with Crippen molar-refractivity contribution in [2.45, 2.75) is 19.4 Å². The molecule has 0 radical (unpaired) electrons. The molecule has 6 rings (SSSR count). The van der Waals surface area contributed by atoms with Crippen molar-refractivity contribution in [1.29, 1.82) is 0 Å². The molecule has 0 aliphatic heterocycles. The van der Waals surface area contributed by atoms with Crippen molar-refractivity contribution < 1.29 is 22.0 Å². The van der Waals surface area contributed by atoms with Crippen LogP contribution >= 0.6 is 34.8 Å². The topological polar surface area (TPSA) is 81.1 Å². The fourth-order valence-electron chi connectivity index (χ4n) is 5.64. The SMILES string of the molecule is CCCS(=O)(=O)Nc1ccc(F)c(C(=O)c2cn(C(c3ccccc3)c3c(Cl)cccc3Cl)c3ncc(-c4ccc(Cl)cc4)cc23)c1F. The van der Waals surface area contributed by atoms with Crippen molar-refractivity contribution in [2.24, 2.45) is 0 Å². The Morgan fingerprint density at radius 1 is 0.896 bits per heavy atom. The van der Waals surface area contributed by atoms with Crippen molar-refractivity contribution in [3.05, 3.63) is 152 Å². The molecule has 0 spiro atoms. The van der Waals surface area contributed by atoms with E-state index in [9.17, 15) is 13.2 Å². The Morgan fingerprint density at radius 3 is 2.25 bits per heavy atom. The quantitative estimate of drug-likeness (QED) is 0.143. The number of sulfonamides is 1. The van der Waals surface area contributed by atoms with Gasteiger partial charge in [0.1, 0.15) is 11.5 Å². The monoisotopic (exact) mass is 723 g/mol. The lowest BCUT2D eigenvalue weighted by atomic mass is 9.98. The maximum absolute atomic E-state index is 16.0. The number of nitrogens with one attached hydrogen (secondary N) is 1. The minimum absolute atomic E-state index is 0.0798. The predicted octanol–water partition coefficient (Wildman–Crippen LogP) is 9.96. The Labute approximate surface area is 291 Å². The van der Waals surface area contributed by atoms with Crippen molar-refractivity contribution in [2.75, 3.05) is 10.5 Å². The molecular formula is C36H26Cl3F2N3O3S. The van der Waals surface area contributed by atoms with Crippen LogP contribution in [0.3, 0.4) is 0 Å². The average Bonchev–Trinajstić information content (AvgIpc) is 3.43. The van der Waals surface area contributed by atoms with Crippen LogP contribution in [0, 0.1) is 11.6 Å². The van der Waals surface area contributed by atoms with E-state index in [2.05, 4.69) is 4.72 Å². The lowest BCUT2D eigenvalue weighted by molar-refractivity contribution is 0.103. The minimum atomic E-state index is -3.95. The number of hydrogen-bond acceptors (Lipinski definition) is 4. The zero-order valence-corrected chi connectivity index (χ0v) is 28.3. The van der Waals surface area contributed by atoms with Crippen LogP contribution in [0.5, 0.6) is 0 Å². The maximum atomic E-state index is 16.0. The van der Waals surface area contributed by atoms with Gasteiger partial charge in [0.2, 0.25) is 15.8 Å². The molecule has 2 aromatic heterocycles. The number of rotatable bonds is 10. The van der Waals surface area contributed by atoms with Crippen LogP contribution in [0.25, 0.3) is 22.2 Å². The Morgan fingerprint density at radius 2 is 1.58 bits per heavy atom. The van der Waals surface area contributed by atoms with Gasteiger partial charge in [0.05, 0.1) is 28.6 Å². The van der Waals surface area contributed by atoms with E-state index in [1.165, 1.54) is 6.20 Å². The van der Waals surface area contributed by atoms with Crippen LogP contribution in [-0.4, -0.2) is 29.5 Å². The van der Waals surface area contributed by atoms with E-state index in [4.69, 9.17) is 39.8 Å². The first kappa shape index (κ1) is 33.6. The van der Waals surface area contributed by atoms with E-state index in [1.807, 2.05) is 30.3 Å². The number of carbonyl (C=O) groups is 1. The third-order valence-corrected chi connectivity index (χ3v) is 10.2. The van der Waals surface area contributed by atoms with Crippen LogP contribution in [0.4, 0.5) is 14.5 Å². The zero-order valence-electron chi connectivity index (χ0n) is 25.2. The van der Waals surface area contributed by atoms with Gasteiger partial charge in [-0.15, -0.1) is 0 Å². The average molecular weight is 725 g/mol. The third kappa shape index (κ3) is 6.56. The number of fused-ring (bicyclic) bond motifs is 1. The lowest BCUT2D eigenvalue weighted by Crippen LogP contribution is -2.18. The number of nitrogens with zero attached hydrogens (tertiary/aromatic N) is 2. The highest BCUT2D eigenvalue weighted by Crippen LogP contribution is 2.40. The summed E-state index contributed by atoms with van der Waals surface area (Å²) in [6.07, 6.45) is 3.36. The smallest absolute Gasteiger partial charge is 0.232 e. The van der Waals surface area contributed by atoms with Crippen LogP contribution in [0.2, 0.25) is 15.1 Å². The van der Waals surface area contributed by atoms with Crippen molar-refractivity contribution in [3.8, 4) is 11.1 Å². The van der Waals surface area contributed by atoms with E-state index >= 15 is 8.78 Å². The van der Waals surface area contributed by atoms with E-state index in [0.29, 0.717) is 31.8 Å². The zero-order chi connectivity index (χ0) is 34.2. The molecular weight excluding hydrogens is 699 g/mol. The van der Waals surface area contributed by atoms with Gasteiger partial charge in [-0.2, -0.15) is 0 Å². The summed E-state index contributed by atoms with van der Waals surface area (Å²) in [4.78, 5) is 19.1. The number of aromatic nitrogens is 2. The number of pyridine rings is 1. The molecule has 6 nitrogen and oxygen atoms in total. The highest BCUT2D eigenvalue weighted by atomic mass is 35.5. The minimum Gasteiger partial charge on any atom is -0.320 e. The van der Waals surface area contributed by atoms with Crippen molar-refractivity contribution in [3.63, 3.8) is 0 Å². The highest BCUT2D eigenvalue weighted by Gasteiger charge is 2.30. The molecule has 2 heterocycles. The second-order valence-corrected chi connectivity index (χ2v) is 14.1. The summed E-state index contributed by atoms with van der Waals surface area (Å²) in [5.74, 6) is -3.80. The van der Waals surface area contributed by atoms with Gasteiger partial charge < -0.3 is 4.57 Å². The first-order valence-corrected chi connectivity index (χ1v) is 17.6. The Hall–Kier alpha value is -4.28. The summed E-state index contributed by atoms with van der Waals surface area (Å²) in [7, 11) is -3.95. The molecule has 244 valence electrons. The first-order chi connectivity index (χ1) is 23.0. The molecule has 1 N–H and O–H groups in total. The number of hydrogen-bond donors (Lipinski definition) is 1. The number of anilines is 1. The third-order valence-electron chi connectivity index (χ3n) is 7.81. The van der Waals surface area contributed by atoms with Crippen LogP contribution < -0.4 is 4.72 Å². The van der Waals surface area contributed by atoms with Gasteiger partial charge in [0, 0.05) is 44.0 Å². The van der Waals surface area contributed by atoms with Gasteiger partial charge in [0.15, 0.2) is 5.82 Å². The summed E-state index contributed by atoms with van der Waals surface area (Å²) < 4.78 is 60.1. The van der Waals surface area contributed by atoms with Gasteiger partial charge >= 0.3 is 0 Å². The standard InChI is InChI=1S/C36H26Cl3F2N3O3S/c1-2-17-48(46,47)43-30-16-15-29(40)32(33(30)41)35(45)26-20-44(36-25(26)18-23(19-42-36)21-11-13-24(37)14-12-21)34(22-7-4-3-5-8-22)31-27(38)9-6-10-28(31)39/h3-16,18-20,34,43H,2,17H2,1H3. The fourth-order valence-corrected chi connectivity index (χ4v) is 7.51. The molecule has 12 heteroatoms. The Bertz CT molecular complexity index is 2260. The molecule has 0 aliphatic rings. The Kier molecular flexibility index (Phi) is 9.58. The fraction of sp³-hybridized carbons (Fsp3) is 0.111. The van der Waals surface area contributed by atoms with Crippen molar-refractivity contribution in [1.82, 2.24) is 9.55 Å². The number of ketones is 1. The lowest BCUT2D eigenvalue weighted by Gasteiger charge is -2.23. The van der Waals surface area contributed by atoms with Gasteiger partial charge in [-0.25, -0.2) is 22.2 Å². The van der Waals surface area contributed by atoms with Crippen molar-refractivity contribution >= 4 is 67.3 Å². The molecule has 0 saturated heterocycles. The normalized spacial score (nSPS) is 12.3. The number of benzene rings is 4. The van der Waals surface area contributed by atoms with Crippen LogP contribution in [-0.2, 0) is 10.0 Å². The molecule has 48 heavy (non-hydrogen) atoms. The number of carbonyl (C=O) groups excluding carboxylic acids is 1. The molecule has 1 atom stereocenters. The highest BCUT2D eigenvalue weighted by molar-refractivity contribution is 7.92. The summed E-state index contributed by atoms with van der Waals surface area (Å²) in [5, 5.41) is 1.52. The molecule has 0 saturated carbocycles.